The van der Waals surface area contributed by atoms with Gasteiger partial charge in [0, 0.05) is 19.8 Å². The number of rotatable bonds is 17. The van der Waals surface area contributed by atoms with E-state index in [4.69, 9.17) is 14.3 Å². The van der Waals surface area contributed by atoms with Crippen molar-refractivity contribution in [3.05, 3.63) is 36.1 Å². The summed E-state index contributed by atoms with van der Waals surface area (Å²) in [6.45, 7) is 3.89. The van der Waals surface area contributed by atoms with Gasteiger partial charge in [0.15, 0.2) is 6.10 Å². The summed E-state index contributed by atoms with van der Waals surface area (Å²) in [6, 6.07) is 3.67. The Kier molecular flexibility index (Phi) is 16.3. The summed E-state index contributed by atoms with van der Waals surface area (Å²) in [5, 5.41) is 17.5. The third-order valence-corrected chi connectivity index (χ3v) is 5.99. The average Bonchev–Trinajstić information content (AvgIpc) is 3.44. The number of aliphatic hydroxyl groups excluding tert-OH is 1. The van der Waals surface area contributed by atoms with E-state index in [0.29, 0.717) is 5.76 Å². The number of hydrogen-bond donors (Lipinski definition) is 2. The molecule has 1 aromatic heterocycles. The summed E-state index contributed by atoms with van der Waals surface area (Å²) in [5.41, 5.74) is 0.956. The Morgan fingerprint density at radius 3 is 1.94 bits per heavy atom. The van der Waals surface area contributed by atoms with Crippen LogP contribution in [0, 0.1) is 0 Å². The topological polar surface area (TPSA) is 77.2 Å². The number of nitrogens with zero attached hydrogens (tertiary/aromatic N) is 2. The number of furan rings is 1. The van der Waals surface area contributed by atoms with Gasteiger partial charge in [-0.3, -0.25) is 4.79 Å². The molecule has 32 heavy (non-hydrogen) atoms. The van der Waals surface area contributed by atoms with Gasteiger partial charge in [0.05, 0.1) is 18.6 Å². The highest BCUT2D eigenvalue weighted by Crippen LogP contribution is 2.29. The molecule has 0 aromatic carbocycles. The van der Waals surface area contributed by atoms with Gasteiger partial charge in [-0.2, -0.15) is 0 Å². The highest BCUT2D eigenvalue weighted by molar-refractivity contribution is 5.32. The molecule has 1 aliphatic heterocycles. The van der Waals surface area contributed by atoms with Gasteiger partial charge in [-0.1, -0.05) is 90.4 Å². The van der Waals surface area contributed by atoms with Gasteiger partial charge in [0.25, 0.3) is 6.47 Å². The molecule has 184 valence electrons. The monoisotopic (exact) mass is 450 g/mol. The number of unbranched alkanes of at least 4 members (excludes halogenated alkanes) is 13. The van der Waals surface area contributed by atoms with E-state index in [1.165, 1.54) is 89.9 Å². The zero-order valence-corrected chi connectivity index (χ0v) is 20.4. The first-order valence-corrected chi connectivity index (χ1v) is 12.6. The SMILES string of the molecule is CCCCCCCCCCCCCCCCN1CN(C)C=C1C(O)c1ccco1.O=CO. The molecule has 6 heteroatoms. The predicted molar refractivity (Wildman–Crippen MR) is 130 cm³/mol. The van der Waals surface area contributed by atoms with Crippen molar-refractivity contribution in [2.75, 3.05) is 20.3 Å². The van der Waals surface area contributed by atoms with E-state index in [1.807, 2.05) is 18.3 Å². The van der Waals surface area contributed by atoms with E-state index in [9.17, 15) is 5.11 Å². The minimum absolute atomic E-state index is 0.250. The van der Waals surface area contributed by atoms with Crippen LogP contribution >= 0.6 is 0 Å². The number of carboxylic acid groups (broad SMARTS) is 1. The van der Waals surface area contributed by atoms with Crippen LogP contribution in [0.15, 0.2) is 34.7 Å². The molecular weight excluding hydrogens is 404 g/mol. The Morgan fingerprint density at radius 1 is 0.969 bits per heavy atom. The van der Waals surface area contributed by atoms with Crippen LogP contribution in [-0.2, 0) is 4.79 Å². The van der Waals surface area contributed by atoms with Crippen molar-refractivity contribution in [1.29, 1.82) is 0 Å². The molecule has 0 aliphatic carbocycles. The van der Waals surface area contributed by atoms with Crippen LogP contribution in [-0.4, -0.2) is 46.7 Å². The van der Waals surface area contributed by atoms with Crippen LogP contribution in [0.2, 0.25) is 0 Å². The van der Waals surface area contributed by atoms with Gasteiger partial charge in [-0.25, -0.2) is 0 Å². The zero-order valence-electron chi connectivity index (χ0n) is 20.4. The number of carbonyl (C=O) groups is 1. The minimum Gasteiger partial charge on any atom is -0.483 e. The van der Waals surface area contributed by atoms with E-state index < -0.39 is 6.10 Å². The van der Waals surface area contributed by atoms with Crippen LogP contribution in [0.3, 0.4) is 0 Å². The molecule has 2 N–H and O–H groups in total. The van der Waals surface area contributed by atoms with Crippen molar-refractivity contribution in [2.45, 2.75) is 103 Å². The summed E-state index contributed by atoms with van der Waals surface area (Å²) >= 11 is 0. The lowest BCUT2D eigenvalue weighted by molar-refractivity contribution is -0.122. The van der Waals surface area contributed by atoms with Crippen molar-refractivity contribution in [2.24, 2.45) is 0 Å². The van der Waals surface area contributed by atoms with Gasteiger partial charge in [0.2, 0.25) is 0 Å². The Labute approximate surface area is 195 Å². The Bertz CT molecular complexity index is 589. The van der Waals surface area contributed by atoms with Crippen molar-refractivity contribution in [3.8, 4) is 0 Å². The Balaban J connectivity index is 0.00000161. The van der Waals surface area contributed by atoms with Crippen molar-refractivity contribution >= 4 is 6.47 Å². The van der Waals surface area contributed by atoms with Crippen molar-refractivity contribution in [3.63, 3.8) is 0 Å². The predicted octanol–water partition coefficient (Wildman–Crippen LogP) is 6.54. The second kappa shape index (κ2) is 18.6. The first-order valence-electron chi connectivity index (χ1n) is 12.6. The van der Waals surface area contributed by atoms with E-state index >= 15 is 0 Å². The van der Waals surface area contributed by atoms with E-state index in [0.717, 1.165) is 18.9 Å². The van der Waals surface area contributed by atoms with Crippen LogP contribution in [0.5, 0.6) is 0 Å². The second-order valence-corrected chi connectivity index (χ2v) is 8.84. The summed E-state index contributed by atoms with van der Waals surface area (Å²) in [6.07, 6.45) is 22.3. The molecule has 2 heterocycles. The van der Waals surface area contributed by atoms with Crippen molar-refractivity contribution < 1.29 is 19.4 Å². The lowest BCUT2D eigenvalue weighted by Crippen LogP contribution is -2.28. The maximum absolute atomic E-state index is 10.6. The molecule has 0 saturated carbocycles. The van der Waals surface area contributed by atoms with Crippen LogP contribution in [0.1, 0.15) is 109 Å². The second-order valence-electron chi connectivity index (χ2n) is 8.84. The Hall–Kier alpha value is -1.95. The molecular formula is C26H46N2O4. The maximum Gasteiger partial charge on any atom is 0.290 e. The zero-order chi connectivity index (χ0) is 23.4. The number of hydrogen-bond acceptors (Lipinski definition) is 5. The van der Waals surface area contributed by atoms with E-state index in [-0.39, 0.29) is 6.47 Å². The third kappa shape index (κ3) is 12.2. The molecule has 0 amide bonds. The molecule has 1 atom stereocenters. The summed E-state index contributed by atoms with van der Waals surface area (Å²) < 4.78 is 5.38. The quantitative estimate of drug-likeness (QED) is 0.207. The van der Waals surface area contributed by atoms with Gasteiger partial charge in [-0.15, -0.1) is 0 Å². The van der Waals surface area contributed by atoms with Gasteiger partial charge >= 0.3 is 0 Å². The highest BCUT2D eigenvalue weighted by atomic mass is 16.4. The molecule has 2 rings (SSSR count). The molecule has 0 spiro atoms. The summed E-state index contributed by atoms with van der Waals surface area (Å²) in [4.78, 5) is 12.8. The first-order chi connectivity index (χ1) is 15.6. The first kappa shape index (κ1) is 28.1. The molecule has 1 aromatic rings. The minimum atomic E-state index is -0.665. The normalized spacial score (nSPS) is 14.2. The third-order valence-electron chi connectivity index (χ3n) is 5.99. The van der Waals surface area contributed by atoms with Gasteiger partial charge in [0.1, 0.15) is 5.76 Å². The fourth-order valence-corrected chi connectivity index (χ4v) is 4.23. The lowest BCUT2D eigenvalue weighted by Gasteiger charge is -2.24. The molecule has 0 saturated heterocycles. The largest absolute Gasteiger partial charge is 0.483 e. The van der Waals surface area contributed by atoms with Crippen LogP contribution in [0.4, 0.5) is 0 Å². The highest BCUT2D eigenvalue weighted by Gasteiger charge is 2.26. The van der Waals surface area contributed by atoms with E-state index in [2.05, 4.69) is 23.8 Å². The maximum atomic E-state index is 10.6. The van der Waals surface area contributed by atoms with Crippen molar-refractivity contribution in [1.82, 2.24) is 9.80 Å². The van der Waals surface area contributed by atoms with Crippen LogP contribution < -0.4 is 0 Å². The fraction of sp³-hybridized carbons (Fsp3) is 0.731. The standard InChI is InChI=1S/C25H44N2O2.CH2O2/c1-3-4-5-6-7-8-9-10-11-12-13-14-15-16-19-27-22-26(2)21-23(27)25(28)24-18-17-20-29-24;2-1-3/h17-18,20-21,25,28H,3-16,19,22H2,1-2H3;1H,(H,2,3). The summed E-state index contributed by atoms with van der Waals surface area (Å²) in [7, 11) is 2.06. The molecule has 1 aliphatic rings. The van der Waals surface area contributed by atoms with Gasteiger partial charge in [-0.05, 0) is 18.6 Å². The molecule has 0 bridgehead atoms. The molecule has 0 fully saturated rings. The fourth-order valence-electron chi connectivity index (χ4n) is 4.23. The van der Waals surface area contributed by atoms with E-state index in [1.54, 1.807) is 6.26 Å². The molecule has 0 radical (unpaired) electrons. The average molecular weight is 451 g/mol. The smallest absolute Gasteiger partial charge is 0.290 e. The number of aliphatic hydroxyl groups is 1. The van der Waals surface area contributed by atoms with Gasteiger partial charge < -0.3 is 24.4 Å². The summed E-state index contributed by atoms with van der Waals surface area (Å²) in [5.74, 6) is 0.623. The van der Waals surface area contributed by atoms with Crippen LogP contribution in [0.25, 0.3) is 0 Å². The lowest BCUT2D eigenvalue weighted by atomic mass is 10.0. The Morgan fingerprint density at radius 2 is 1.47 bits per heavy atom. The molecule has 6 nitrogen and oxygen atoms in total. The molecule has 1 unspecified atom stereocenters.